The van der Waals surface area contributed by atoms with Gasteiger partial charge in [0.2, 0.25) is 0 Å². The summed E-state index contributed by atoms with van der Waals surface area (Å²) in [5.74, 6) is -1.10. The third-order valence-electron chi connectivity index (χ3n) is 3.01. The Morgan fingerprint density at radius 1 is 1.14 bits per heavy atom. The van der Waals surface area contributed by atoms with Crippen LogP contribution in [0.2, 0.25) is 5.02 Å². The first-order valence-electron chi connectivity index (χ1n) is 6.21. The quantitative estimate of drug-likeness (QED) is 0.864. The van der Waals surface area contributed by atoms with Gasteiger partial charge in [0.1, 0.15) is 17.7 Å². The van der Waals surface area contributed by atoms with Crippen LogP contribution in [-0.4, -0.2) is 11.1 Å². The highest BCUT2D eigenvalue weighted by Crippen LogP contribution is 2.29. The van der Waals surface area contributed by atoms with Gasteiger partial charge < -0.3 is 5.11 Å². The van der Waals surface area contributed by atoms with Gasteiger partial charge in [0.15, 0.2) is 0 Å². The number of aromatic carboxylic acids is 1. The number of allylic oxidation sites excluding steroid dienone is 1. The highest BCUT2D eigenvalue weighted by atomic mass is 35.5. The lowest BCUT2D eigenvalue weighted by Crippen LogP contribution is -1.97. The molecule has 2 aromatic rings. The fourth-order valence-corrected chi connectivity index (χ4v) is 2.25. The van der Waals surface area contributed by atoms with E-state index >= 15 is 0 Å². The average Bonchev–Trinajstić information content (AvgIpc) is 2.52. The second-order valence-electron chi connectivity index (χ2n) is 4.37. The Balaban J connectivity index is 2.58. The van der Waals surface area contributed by atoms with Gasteiger partial charge in [-0.2, -0.15) is 10.5 Å². The van der Waals surface area contributed by atoms with Crippen LogP contribution in [0.3, 0.4) is 0 Å². The van der Waals surface area contributed by atoms with E-state index in [4.69, 9.17) is 27.2 Å². The fourth-order valence-electron chi connectivity index (χ4n) is 1.99. The number of nitrogens with zero attached hydrogens (tertiary/aromatic N) is 2. The van der Waals surface area contributed by atoms with Gasteiger partial charge in [0.25, 0.3) is 0 Å². The first-order valence-corrected chi connectivity index (χ1v) is 6.58. The Hall–Kier alpha value is -3.08. The maximum Gasteiger partial charge on any atom is 0.337 e. The zero-order chi connectivity index (χ0) is 16.1. The van der Waals surface area contributed by atoms with Crippen molar-refractivity contribution in [2.24, 2.45) is 0 Å². The Morgan fingerprint density at radius 3 is 2.41 bits per heavy atom. The van der Waals surface area contributed by atoms with E-state index < -0.39 is 5.97 Å². The monoisotopic (exact) mass is 308 g/mol. The van der Waals surface area contributed by atoms with Gasteiger partial charge in [0.05, 0.1) is 10.6 Å². The topological polar surface area (TPSA) is 84.9 Å². The summed E-state index contributed by atoms with van der Waals surface area (Å²) in [5.41, 5.74) is 2.15. The fraction of sp³-hybridized carbons (Fsp3) is 0. The summed E-state index contributed by atoms with van der Waals surface area (Å²) in [4.78, 5) is 11.0. The van der Waals surface area contributed by atoms with Gasteiger partial charge in [-0.25, -0.2) is 4.79 Å². The number of hydrogen-bond acceptors (Lipinski definition) is 3. The molecule has 4 nitrogen and oxygen atoms in total. The van der Waals surface area contributed by atoms with Crippen LogP contribution in [0, 0.1) is 22.7 Å². The maximum atomic E-state index is 11.0. The Kier molecular flexibility index (Phi) is 4.58. The average molecular weight is 309 g/mol. The minimum atomic E-state index is -1.10. The van der Waals surface area contributed by atoms with Crippen molar-refractivity contribution in [2.75, 3.05) is 0 Å². The molecule has 0 fully saturated rings. The minimum absolute atomic E-state index is 0.0132. The van der Waals surface area contributed by atoms with Crippen molar-refractivity contribution in [2.45, 2.75) is 0 Å². The van der Waals surface area contributed by atoms with Crippen LogP contribution in [0.4, 0.5) is 0 Å². The second-order valence-corrected chi connectivity index (χ2v) is 4.78. The molecule has 0 saturated carbocycles. The maximum absolute atomic E-state index is 11.0. The van der Waals surface area contributed by atoms with Crippen LogP contribution in [0.5, 0.6) is 0 Å². The Morgan fingerprint density at radius 2 is 1.82 bits per heavy atom. The number of carboxylic acids is 1. The van der Waals surface area contributed by atoms with E-state index in [0.29, 0.717) is 11.1 Å². The largest absolute Gasteiger partial charge is 0.478 e. The van der Waals surface area contributed by atoms with Crippen molar-refractivity contribution in [3.05, 3.63) is 64.2 Å². The summed E-state index contributed by atoms with van der Waals surface area (Å²) in [6.07, 6.45) is 1.48. The summed E-state index contributed by atoms with van der Waals surface area (Å²) >= 11 is 5.99. The predicted molar refractivity (Wildman–Crippen MR) is 83.1 cm³/mol. The van der Waals surface area contributed by atoms with Crippen molar-refractivity contribution >= 4 is 23.6 Å². The van der Waals surface area contributed by atoms with E-state index in [1.54, 1.807) is 24.3 Å². The normalized spacial score (nSPS) is 9.41. The second kappa shape index (κ2) is 6.58. The summed E-state index contributed by atoms with van der Waals surface area (Å²) in [7, 11) is 0. The predicted octanol–water partition coefficient (Wildman–Crippen LogP) is 4.14. The van der Waals surface area contributed by atoms with E-state index in [9.17, 15) is 4.79 Å². The van der Waals surface area contributed by atoms with Crippen LogP contribution in [0.25, 0.3) is 17.2 Å². The van der Waals surface area contributed by atoms with Gasteiger partial charge in [0, 0.05) is 0 Å². The molecule has 2 aromatic carbocycles. The Bertz CT molecular complexity index is 842. The summed E-state index contributed by atoms with van der Waals surface area (Å²) in [5, 5.41) is 26.9. The molecule has 0 saturated heterocycles. The molecule has 0 unspecified atom stereocenters. The molecule has 0 radical (unpaired) electrons. The molecular weight excluding hydrogens is 300 g/mol. The number of halogens is 1. The number of carbonyl (C=O) groups is 1. The smallest absolute Gasteiger partial charge is 0.337 e. The molecule has 1 N–H and O–H groups in total. The molecule has 0 bridgehead atoms. The number of carboxylic acid groups (broad SMARTS) is 1. The molecule has 0 aromatic heterocycles. The molecule has 5 heteroatoms. The summed E-state index contributed by atoms with van der Waals surface area (Å²) in [6, 6.07) is 15.4. The van der Waals surface area contributed by atoms with Crippen molar-refractivity contribution in [1.29, 1.82) is 10.5 Å². The number of hydrogen-bond donors (Lipinski definition) is 1. The SMILES string of the molecule is N#CC(C#N)=Cc1ccccc1-c1ccc(C(=O)O)c(Cl)c1. The van der Waals surface area contributed by atoms with Gasteiger partial charge in [-0.1, -0.05) is 41.9 Å². The van der Waals surface area contributed by atoms with Gasteiger partial charge in [-0.3, -0.25) is 0 Å². The molecule has 2 rings (SSSR count). The van der Waals surface area contributed by atoms with Crippen LogP contribution >= 0.6 is 11.6 Å². The minimum Gasteiger partial charge on any atom is -0.478 e. The molecule has 22 heavy (non-hydrogen) atoms. The summed E-state index contributed by atoms with van der Waals surface area (Å²) in [6.45, 7) is 0. The molecule has 0 atom stereocenters. The first kappa shape index (κ1) is 15.3. The molecule has 0 aliphatic heterocycles. The van der Waals surface area contributed by atoms with Gasteiger partial charge >= 0.3 is 5.97 Å². The third-order valence-corrected chi connectivity index (χ3v) is 3.32. The van der Waals surface area contributed by atoms with E-state index in [-0.39, 0.29) is 16.2 Å². The van der Waals surface area contributed by atoms with Crippen LogP contribution in [0.1, 0.15) is 15.9 Å². The van der Waals surface area contributed by atoms with Crippen molar-refractivity contribution in [3.63, 3.8) is 0 Å². The van der Waals surface area contributed by atoms with E-state index in [0.717, 1.165) is 5.56 Å². The molecule has 0 amide bonds. The van der Waals surface area contributed by atoms with E-state index in [1.807, 2.05) is 24.3 Å². The highest BCUT2D eigenvalue weighted by Gasteiger charge is 2.11. The zero-order valence-electron chi connectivity index (χ0n) is 11.2. The lowest BCUT2D eigenvalue weighted by molar-refractivity contribution is 0.0697. The zero-order valence-corrected chi connectivity index (χ0v) is 12.0. The number of benzene rings is 2. The molecule has 0 aliphatic carbocycles. The van der Waals surface area contributed by atoms with E-state index in [2.05, 4.69) is 0 Å². The molecule has 0 spiro atoms. The standard InChI is InChI=1S/C17H9ClN2O2/c18-16-8-13(5-6-15(16)17(21)22)14-4-2-1-3-12(14)7-11(9-19)10-20/h1-8H,(H,21,22). The first-order chi connectivity index (χ1) is 10.6. The molecule has 106 valence electrons. The highest BCUT2D eigenvalue weighted by molar-refractivity contribution is 6.33. The van der Waals surface area contributed by atoms with Crippen molar-refractivity contribution < 1.29 is 9.90 Å². The third kappa shape index (κ3) is 3.15. The lowest BCUT2D eigenvalue weighted by Gasteiger charge is -2.08. The van der Waals surface area contributed by atoms with Crippen molar-refractivity contribution in [1.82, 2.24) is 0 Å². The van der Waals surface area contributed by atoms with Crippen molar-refractivity contribution in [3.8, 4) is 23.3 Å². The van der Waals surface area contributed by atoms with Gasteiger partial charge in [-0.05, 0) is 34.9 Å². The van der Waals surface area contributed by atoms with E-state index in [1.165, 1.54) is 12.1 Å². The lowest BCUT2D eigenvalue weighted by atomic mass is 9.97. The molecular formula is C17H9ClN2O2. The van der Waals surface area contributed by atoms with Gasteiger partial charge in [-0.15, -0.1) is 0 Å². The molecule has 0 heterocycles. The Labute approximate surface area is 132 Å². The van der Waals surface area contributed by atoms with Crippen LogP contribution in [-0.2, 0) is 0 Å². The number of rotatable bonds is 3. The number of nitriles is 2. The van der Waals surface area contributed by atoms with Crippen LogP contribution < -0.4 is 0 Å². The summed E-state index contributed by atoms with van der Waals surface area (Å²) < 4.78 is 0. The van der Waals surface area contributed by atoms with Crippen LogP contribution in [0.15, 0.2) is 48.0 Å². The molecule has 0 aliphatic rings.